The number of carbonyl (C=O) groups is 1. The molecule has 2 N–H and O–H groups in total. The minimum atomic E-state index is -0.00889. The highest BCUT2D eigenvalue weighted by Crippen LogP contribution is 2.23. The van der Waals surface area contributed by atoms with Crippen LogP contribution in [0.1, 0.15) is 40.2 Å². The zero-order valence-electron chi connectivity index (χ0n) is 12.1. The molecule has 0 bridgehead atoms. The maximum Gasteiger partial charge on any atom is 0.252 e. The molecule has 2 aromatic rings. The topological polar surface area (TPSA) is 41.1 Å². The van der Waals surface area contributed by atoms with Crippen molar-refractivity contribution in [3.05, 3.63) is 51.7 Å². The van der Waals surface area contributed by atoms with Crippen LogP contribution in [0.25, 0.3) is 0 Å². The number of aryl methyl sites for hydroxylation is 1. The highest BCUT2D eigenvalue weighted by molar-refractivity contribution is 7.10. The van der Waals surface area contributed by atoms with Crippen molar-refractivity contribution in [2.45, 2.75) is 26.3 Å². The lowest BCUT2D eigenvalue weighted by Crippen LogP contribution is -2.28. The van der Waals surface area contributed by atoms with Crippen molar-refractivity contribution in [1.29, 1.82) is 0 Å². The molecule has 1 aromatic carbocycles. The number of anilines is 1. The second-order valence-electron chi connectivity index (χ2n) is 4.73. The summed E-state index contributed by atoms with van der Waals surface area (Å²) in [6, 6.07) is 9.95. The predicted molar refractivity (Wildman–Crippen MR) is 85.5 cm³/mol. The predicted octanol–water partition coefficient (Wildman–Crippen LogP) is 3.98. The summed E-state index contributed by atoms with van der Waals surface area (Å²) in [5, 5.41) is 8.23. The third kappa shape index (κ3) is 3.20. The number of thiophene rings is 1. The molecule has 1 amide bonds. The first kappa shape index (κ1) is 14.6. The lowest BCUT2D eigenvalue weighted by Gasteiger charge is -2.16. The van der Waals surface area contributed by atoms with Crippen molar-refractivity contribution in [1.82, 2.24) is 5.32 Å². The SMILES string of the molecule is CCC(NC(=O)c1ccc(NC)cc1C)c1cccs1. The quantitative estimate of drug-likeness (QED) is 0.873. The molecule has 0 aliphatic rings. The Hall–Kier alpha value is -1.81. The molecular weight excluding hydrogens is 268 g/mol. The van der Waals surface area contributed by atoms with E-state index in [0.717, 1.165) is 23.2 Å². The van der Waals surface area contributed by atoms with Crippen LogP contribution in [0.15, 0.2) is 35.7 Å². The lowest BCUT2D eigenvalue weighted by molar-refractivity contribution is 0.0935. The monoisotopic (exact) mass is 288 g/mol. The van der Waals surface area contributed by atoms with Gasteiger partial charge in [-0.15, -0.1) is 11.3 Å². The molecule has 0 aliphatic carbocycles. The van der Waals surface area contributed by atoms with E-state index in [9.17, 15) is 4.79 Å². The standard InChI is InChI=1S/C16H20N2OS/c1-4-14(15-6-5-9-20-15)18-16(19)13-8-7-12(17-3)10-11(13)2/h5-10,14,17H,4H2,1-3H3,(H,18,19). The van der Waals surface area contributed by atoms with E-state index < -0.39 is 0 Å². The summed E-state index contributed by atoms with van der Waals surface area (Å²) >= 11 is 1.68. The largest absolute Gasteiger partial charge is 0.388 e. The highest BCUT2D eigenvalue weighted by Gasteiger charge is 2.16. The van der Waals surface area contributed by atoms with E-state index >= 15 is 0 Å². The zero-order chi connectivity index (χ0) is 14.5. The van der Waals surface area contributed by atoms with Gasteiger partial charge in [-0.1, -0.05) is 13.0 Å². The second-order valence-corrected chi connectivity index (χ2v) is 5.71. The van der Waals surface area contributed by atoms with Gasteiger partial charge in [0.05, 0.1) is 6.04 Å². The van der Waals surface area contributed by atoms with Crippen molar-refractivity contribution >= 4 is 22.9 Å². The maximum absolute atomic E-state index is 12.4. The Labute approximate surface area is 124 Å². The molecule has 0 radical (unpaired) electrons. The first-order valence-electron chi connectivity index (χ1n) is 6.78. The van der Waals surface area contributed by atoms with Crippen molar-refractivity contribution in [3.8, 4) is 0 Å². The number of benzene rings is 1. The normalized spacial score (nSPS) is 11.9. The average molecular weight is 288 g/mol. The molecule has 3 nitrogen and oxygen atoms in total. The van der Waals surface area contributed by atoms with Crippen molar-refractivity contribution < 1.29 is 4.79 Å². The van der Waals surface area contributed by atoms with Crippen LogP contribution in [-0.2, 0) is 0 Å². The molecule has 0 fully saturated rings. The Morgan fingerprint density at radius 3 is 2.70 bits per heavy atom. The van der Waals surface area contributed by atoms with E-state index in [-0.39, 0.29) is 11.9 Å². The summed E-state index contributed by atoms with van der Waals surface area (Å²) in [5.74, 6) is -0.00889. The van der Waals surface area contributed by atoms with Gasteiger partial charge in [0.2, 0.25) is 0 Å². The highest BCUT2D eigenvalue weighted by atomic mass is 32.1. The Morgan fingerprint density at radius 2 is 2.15 bits per heavy atom. The lowest BCUT2D eigenvalue weighted by atomic mass is 10.1. The molecule has 4 heteroatoms. The summed E-state index contributed by atoms with van der Waals surface area (Å²) in [6.45, 7) is 4.05. The van der Waals surface area contributed by atoms with Crippen LogP contribution in [0.4, 0.5) is 5.69 Å². The molecule has 2 rings (SSSR count). The molecule has 0 spiro atoms. The van der Waals surface area contributed by atoms with E-state index in [1.807, 2.05) is 43.6 Å². The van der Waals surface area contributed by atoms with Crippen LogP contribution in [-0.4, -0.2) is 13.0 Å². The van der Waals surface area contributed by atoms with Crippen LogP contribution in [0.3, 0.4) is 0 Å². The number of carbonyl (C=O) groups excluding carboxylic acids is 1. The molecule has 1 atom stereocenters. The first-order valence-corrected chi connectivity index (χ1v) is 7.66. The van der Waals surface area contributed by atoms with Gasteiger partial charge in [0.1, 0.15) is 0 Å². The molecule has 0 aliphatic heterocycles. The number of rotatable bonds is 5. The van der Waals surface area contributed by atoms with Gasteiger partial charge >= 0.3 is 0 Å². The number of hydrogen-bond acceptors (Lipinski definition) is 3. The zero-order valence-corrected chi connectivity index (χ0v) is 12.9. The summed E-state index contributed by atoms with van der Waals surface area (Å²) in [5.41, 5.74) is 2.73. The van der Waals surface area contributed by atoms with E-state index in [1.165, 1.54) is 4.88 Å². The first-order chi connectivity index (χ1) is 9.65. The van der Waals surface area contributed by atoms with Gasteiger partial charge in [0, 0.05) is 23.2 Å². The Bertz CT molecular complexity index is 578. The maximum atomic E-state index is 12.4. The molecule has 1 heterocycles. The minimum absolute atomic E-state index is 0.00889. The fourth-order valence-electron chi connectivity index (χ4n) is 2.17. The van der Waals surface area contributed by atoms with Crippen LogP contribution < -0.4 is 10.6 Å². The summed E-state index contributed by atoms with van der Waals surface area (Å²) < 4.78 is 0. The number of hydrogen-bond donors (Lipinski definition) is 2. The van der Waals surface area contributed by atoms with E-state index in [1.54, 1.807) is 11.3 Å². The third-order valence-electron chi connectivity index (χ3n) is 3.36. The molecular formula is C16H20N2OS. The second kappa shape index (κ2) is 6.57. The van der Waals surface area contributed by atoms with Gasteiger partial charge in [0.15, 0.2) is 0 Å². The van der Waals surface area contributed by atoms with E-state index in [4.69, 9.17) is 0 Å². The smallest absolute Gasteiger partial charge is 0.252 e. The molecule has 0 saturated carbocycles. The van der Waals surface area contributed by atoms with Gasteiger partial charge in [-0.2, -0.15) is 0 Å². The van der Waals surface area contributed by atoms with Gasteiger partial charge in [-0.3, -0.25) is 4.79 Å². The summed E-state index contributed by atoms with van der Waals surface area (Å²) in [7, 11) is 1.87. The van der Waals surface area contributed by atoms with Gasteiger partial charge < -0.3 is 10.6 Å². The summed E-state index contributed by atoms with van der Waals surface area (Å²) in [6.07, 6.45) is 0.889. The Kier molecular flexibility index (Phi) is 4.79. The Balaban J connectivity index is 2.15. The summed E-state index contributed by atoms with van der Waals surface area (Å²) in [4.78, 5) is 13.6. The molecule has 106 valence electrons. The van der Waals surface area contributed by atoms with Crippen molar-refractivity contribution in [2.75, 3.05) is 12.4 Å². The number of amides is 1. The van der Waals surface area contributed by atoms with Crippen molar-refractivity contribution in [2.24, 2.45) is 0 Å². The molecule has 1 aromatic heterocycles. The van der Waals surface area contributed by atoms with E-state index in [2.05, 4.69) is 23.6 Å². The minimum Gasteiger partial charge on any atom is -0.388 e. The van der Waals surface area contributed by atoms with Crippen LogP contribution in [0, 0.1) is 6.92 Å². The van der Waals surface area contributed by atoms with E-state index in [0.29, 0.717) is 0 Å². The van der Waals surface area contributed by atoms with Crippen LogP contribution in [0.5, 0.6) is 0 Å². The Morgan fingerprint density at radius 1 is 1.35 bits per heavy atom. The van der Waals surface area contributed by atoms with Gasteiger partial charge in [0.25, 0.3) is 5.91 Å². The van der Waals surface area contributed by atoms with Gasteiger partial charge in [-0.05, 0) is 48.6 Å². The average Bonchev–Trinajstić information content (AvgIpc) is 2.98. The van der Waals surface area contributed by atoms with Crippen molar-refractivity contribution in [3.63, 3.8) is 0 Å². The van der Waals surface area contributed by atoms with Gasteiger partial charge in [-0.25, -0.2) is 0 Å². The van der Waals surface area contributed by atoms with Crippen LogP contribution in [0.2, 0.25) is 0 Å². The number of nitrogens with one attached hydrogen (secondary N) is 2. The van der Waals surface area contributed by atoms with Crippen LogP contribution >= 0.6 is 11.3 Å². The molecule has 20 heavy (non-hydrogen) atoms. The third-order valence-corrected chi connectivity index (χ3v) is 4.35. The fraction of sp³-hybridized carbons (Fsp3) is 0.312. The molecule has 0 saturated heterocycles. The fourth-order valence-corrected chi connectivity index (χ4v) is 3.04. The molecule has 1 unspecified atom stereocenters.